The Balaban J connectivity index is 1.72. The molecule has 0 saturated carbocycles. The third kappa shape index (κ3) is 1.89. The predicted octanol–water partition coefficient (Wildman–Crippen LogP) is -0.365. The molecule has 4 heterocycles. The SMILES string of the molecule is C[N+]12CC[N+](C3CCCN(C(=N)N)C3)(CC1)CC2. The van der Waals surface area contributed by atoms with Crippen LogP contribution >= 0.6 is 0 Å². The number of nitrogens with one attached hydrogen (secondary N) is 1. The number of quaternary nitrogens is 2. The number of guanidine groups is 1. The minimum atomic E-state index is 0.271. The highest BCUT2D eigenvalue weighted by Gasteiger charge is 2.51. The third-order valence-electron chi connectivity index (χ3n) is 5.77. The zero-order valence-electron chi connectivity index (χ0n) is 11.6. The van der Waals surface area contributed by atoms with Crippen LogP contribution in [0.2, 0.25) is 0 Å². The lowest BCUT2D eigenvalue weighted by Gasteiger charge is -2.58. The quantitative estimate of drug-likeness (QED) is 0.381. The van der Waals surface area contributed by atoms with Gasteiger partial charge in [0.1, 0.15) is 45.3 Å². The van der Waals surface area contributed by atoms with Gasteiger partial charge < -0.3 is 19.6 Å². The van der Waals surface area contributed by atoms with Crippen molar-refractivity contribution in [2.75, 3.05) is 59.4 Å². The molecule has 0 amide bonds. The molecule has 5 heteroatoms. The van der Waals surface area contributed by atoms with Gasteiger partial charge in [-0.25, -0.2) is 0 Å². The average Bonchev–Trinajstić information content (AvgIpc) is 2.40. The summed E-state index contributed by atoms with van der Waals surface area (Å²) in [4.78, 5) is 2.08. The zero-order chi connectivity index (χ0) is 12.8. The topological polar surface area (TPSA) is 53.1 Å². The van der Waals surface area contributed by atoms with Crippen LogP contribution in [0.4, 0.5) is 0 Å². The van der Waals surface area contributed by atoms with Gasteiger partial charge in [-0.15, -0.1) is 0 Å². The lowest BCUT2D eigenvalue weighted by atomic mass is 9.96. The molecule has 5 nitrogen and oxygen atoms in total. The smallest absolute Gasteiger partial charge is 0.188 e. The first-order valence-electron chi connectivity index (χ1n) is 7.31. The first kappa shape index (κ1) is 12.2. The molecule has 0 aromatic carbocycles. The summed E-state index contributed by atoms with van der Waals surface area (Å²) in [6, 6.07) is 0.719. The molecule has 4 fully saturated rings. The summed E-state index contributed by atoms with van der Waals surface area (Å²) in [5.41, 5.74) is 5.67. The Morgan fingerprint density at radius 3 is 2.33 bits per heavy atom. The van der Waals surface area contributed by atoms with Crippen molar-refractivity contribution in [1.82, 2.24) is 4.90 Å². The van der Waals surface area contributed by atoms with Crippen molar-refractivity contribution < 1.29 is 8.97 Å². The largest absolute Gasteiger partial charge is 0.370 e. The maximum absolute atomic E-state index is 7.65. The normalized spacial score (nSPS) is 44.1. The zero-order valence-corrected chi connectivity index (χ0v) is 11.6. The molecule has 0 aromatic rings. The molecule has 4 saturated heterocycles. The maximum Gasteiger partial charge on any atom is 0.188 e. The first-order chi connectivity index (χ1) is 8.53. The van der Waals surface area contributed by atoms with Crippen molar-refractivity contribution in [3.63, 3.8) is 0 Å². The second-order valence-corrected chi connectivity index (χ2v) is 6.81. The molecule has 2 bridgehead atoms. The molecule has 0 spiro atoms. The van der Waals surface area contributed by atoms with Crippen LogP contribution in [0.25, 0.3) is 0 Å². The number of hydrogen-bond acceptors (Lipinski definition) is 1. The van der Waals surface area contributed by atoms with Gasteiger partial charge in [-0.2, -0.15) is 0 Å². The van der Waals surface area contributed by atoms with E-state index in [4.69, 9.17) is 11.1 Å². The number of fused-ring (bicyclic) bond motifs is 3. The van der Waals surface area contributed by atoms with E-state index in [1.807, 2.05) is 0 Å². The van der Waals surface area contributed by atoms with Crippen LogP contribution in [-0.4, -0.2) is 85.3 Å². The van der Waals surface area contributed by atoms with Crippen LogP contribution in [-0.2, 0) is 0 Å². The van der Waals surface area contributed by atoms with Crippen LogP contribution in [0.5, 0.6) is 0 Å². The lowest BCUT2D eigenvalue weighted by Crippen LogP contribution is -2.77. The second kappa shape index (κ2) is 4.10. The molecule has 102 valence electrons. The van der Waals surface area contributed by atoms with Crippen LogP contribution in [0.15, 0.2) is 0 Å². The predicted molar refractivity (Wildman–Crippen MR) is 72.2 cm³/mol. The number of likely N-dealkylation sites (N-methyl/N-ethyl adjacent to an activating group) is 1. The van der Waals surface area contributed by atoms with Gasteiger partial charge in [-0.1, -0.05) is 0 Å². The number of hydrogen-bond donors (Lipinski definition) is 2. The number of nitrogens with two attached hydrogens (primary N) is 1. The van der Waals surface area contributed by atoms with E-state index < -0.39 is 0 Å². The van der Waals surface area contributed by atoms with E-state index in [2.05, 4.69) is 11.9 Å². The average molecular weight is 253 g/mol. The van der Waals surface area contributed by atoms with Gasteiger partial charge in [-0.3, -0.25) is 5.41 Å². The highest BCUT2D eigenvalue weighted by molar-refractivity contribution is 5.74. The second-order valence-electron chi connectivity index (χ2n) is 6.81. The summed E-state index contributed by atoms with van der Waals surface area (Å²) in [5, 5.41) is 7.65. The molecule has 0 radical (unpaired) electrons. The van der Waals surface area contributed by atoms with Crippen molar-refractivity contribution in [3.05, 3.63) is 0 Å². The maximum atomic E-state index is 7.65. The molecular formula is C13H27N5+2. The number of nitrogens with zero attached hydrogens (tertiary/aromatic N) is 3. The Morgan fingerprint density at radius 1 is 1.17 bits per heavy atom. The van der Waals surface area contributed by atoms with E-state index in [9.17, 15) is 0 Å². The molecule has 0 aromatic heterocycles. The fourth-order valence-electron chi connectivity index (χ4n) is 4.16. The molecule has 18 heavy (non-hydrogen) atoms. The summed E-state index contributed by atoms with van der Waals surface area (Å²) in [6.07, 6.45) is 2.53. The Kier molecular flexibility index (Phi) is 2.79. The van der Waals surface area contributed by atoms with E-state index in [0.717, 1.165) is 19.1 Å². The Bertz CT molecular complexity index is 329. The van der Waals surface area contributed by atoms with E-state index in [1.165, 1.54) is 61.1 Å². The number of piperazine rings is 3. The molecule has 4 aliphatic heterocycles. The summed E-state index contributed by atoms with van der Waals surface area (Å²) < 4.78 is 2.61. The molecule has 4 aliphatic rings. The Labute approximate surface area is 110 Å². The van der Waals surface area contributed by atoms with Gasteiger partial charge >= 0.3 is 0 Å². The van der Waals surface area contributed by atoms with E-state index in [-0.39, 0.29) is 5.96 Å². The highest BCUT2D eigenvalue weighted by atomic mass is 15.5. The van der Waals surface area contributed by atoms with Crippen molar-refractivity contribution in [2.45, 2.75) is 18.9 Å². The van der Waals surface area contributed by atoms with Crippen molar-refractivity contribution in [2.24, 2.45) is 5.73 Å². The van der Waals surface area contributed by atoms with Gasteiger partial charge in [0.05, 0.1) is 13.6 Å². The lowest BCUT2D eigenvalue weighted by molar-refractivity contribution is -1.08. The van der Waals surface area contributed by atoms with Crippen molar-refractivity contribution in [3.8, 4) is 0 Å². The van der Waals surface area contributed by atoms with E-state index in [0.29, 0.717) is 0 Å². The van der Waals surface area contributed by atoms with Gasteiger partial charge in [0.25, 0.3) is 0 Å². The number of piperidine rings is 1. The summed E-state index contributed by atoms with van der Waals surface area (Å²) in [5.74, 6) is 0.271. The van der Waals surface area contributed by atoms with Crippen LogP contribution in [0, 0.1) is 5.41 Å². The summed E-state index contributed by atoms with van der Waals surface area (Å²) in [7, 11) is 2.41. The van der Waals surface area contributed by atoms with Crippen LogP contribution < -0.4 is 5.73 Å². The number of likely N-dealkylation sites (tertiary alicyclic amines) is 1. The first-order valence-corrected chi connectivity index (χ1v) is 7.31. The third-order valence-corrected chi connectivity index (χ3v) is 5.77. The highest BCUT2D eigenvalue weighted by Crippen LogP contribution is 2.31. The molecule has 4 rings (SSSR count). The Hall–Kier alpha value is -0.810. The standard InChI is InChI=1S/C13H27N5/c1-17-5-8-18(9-6-17,10-7-17)12-3-2-4-16(11-12)13(14)15/h12H,2-11H2,1H3,(H3,14,15)/q+2. The fraction of sp³-hybridized carbons (Fsp3) is 0.923. The minimum absolute atomic E-state index is 0.271. The molecule has 1 unspecified atom stereocenters. The van der Waals surface area contributed by atoms with E-state index in [1.54, 1.807) is 0 Å². The van der Waals surface area contributed by atoms with E-state index >= 15 is 0 Å². The van der Waals surface area contributed by atoms with Crippen molar-refractivity contribution >= 4 is 5.96 Å². The van der Waals surface area contributed by atoms with Gasteiger partial charge in [0.2, 0.25) is 0 Å². The number of rotatable bonds is 1. The van der Waals surface area contributed by atoms with Crippen LogP contribution in [0.3, 0.4) is 0 Å². The summed E-state index contributed by atoms with van der Waals surface area (Å²) >= 11 is 0. The molecule has 0 aliphatic carbocycles. The molecule has 3 N–H and O–H groups in total. The minimum Gasteiger partial charge on any atom is -0.370 e. The van der Waals surface area contributed by atoms with Gasteiger partial charge in [0.15, 0.2) is 5.96 Å². The monoisotopic (exact) mass is 253 g/mol. The fourth-order valence-corrected chi connectivity index (χ4v) is 4.16. The van der Waals surface area contributed by atoms with Crippen LogP contribution in [0.1, 0.15) is 12.8 Å². The molecule has 1 atom stereocenters. The van der Waals surface area contributed by atoms with Gasteiger partial charge in [0, 0.05) is 13.0 Å². The molecular weight excluding hydrogens is 226 g/mol. The summed E-state index contributed by atoms with van der Waals surface area (Å²) in [6.45, 7) is 10.1. The Morgan fingerprint density at radius 2 is 1.78 bits per heavy atom. The van der Waals surface area contributed by atoms with Crippen molar-refractivity contribution in [1.29, 1.82) is 5.41 Å². The van der Waals surface area contributed by atoms with Gasteiger partial charge in [-0.05, 0) is 6.42 Å².